The number of aryl methyl sites for hydroxylation is 2. The lowest BCUT2D eigenvalue weighted by Crippen LogP contribution is -2.14. The predicted octanol–water partition coefficient (Wildman–Crippen LogP) is 5.69. The van der Waals surface area contributed by atoms with Gasteiger partial charge in [-0.25, -0.2) is 9.97 Å². The monoisotopic (exact) mass is 420 g/mol. The van der Waals surface area contributed by atoms with E-state index in [0.29, 0.717) is 13.2 Å². The number of rotatable bonds is 2. The van der Waals surface area contributed by atoms with Crippen LogP contribution < -0.4 is 9.47 Å². The van der Waals surface area contributed by atoms with Crippen LogP contribution in [0, 0.1) is 13.8 Å². The fourth-order valence-corrected chi connectivity index (χ4v) is 4.89. The van der Waals surface area contributed by atoms with Crippen molar-refractivity contribution in [3.63, 3.8) is 0 Å². The molecular weight excluding hydrogens is 400 g/mol. The third-order valence-electron chi connectivity index (χ3n) is 6.33. The average molecular weight is 420 g/mol. The van der Waals surface area contributed by atoms with Gasteiger partial charge in [0, 0.05) is 27.8 Å². The normalized spacial score (nSPS) is 13.6. The largest absolute Gasteiger partial charge is 0.488 e. The summed E-state index contributed by atoms with van der Waals surface area (Å²) in [5.74, 6) is 3.64. The van der Waals surface area contributed by atoms with Crippen molar-refractivity contribution in [2.24, 2.45) is 0 Å². The molecule has 0 bridgehead atoms. The molecule has 0 unspecified atom stereocenters. The number of hydrogen-bond acceptors (Lipinski definition) is 4. The van der Waals surface area contributed by atoms with Crippen LogP contribution in [0.4, 0.5) is 0 Å². The highest BCUT2D eigenvalue weighted by molar-refractivity contribution is 5.90. The molecule has 2 aromatic heterocycles. The number of H-pyrrole nitrogens is 2. The summed E-state index contributed by atoms with van der Waals surface area (Å²) in [6.07, 6.45) is 1.86. The lowest BCUT2D eigenvalue weighted by atomic mass is 9.87. The van der Waals surface area contributed by atoms with E-state index in [2.05, 4.69) is 62.4 Å². The summed E-state index contributed by atoms with van der Waals surface area (Å²) in [5.41, 5.74) is 10.9. The van der Waals surface area contributed by atoms with Gasteiger partial charge in [0.2, 0.25) is 0 Å². The van der Waals surface area contributed by atoms with E-state index in [-0.39, 0.29) is 0 Å². The first-order valence-corrected chi connectivity index (χ1v) is 10.7. The van der Waals surface area contributed by atoms with Crippen LogP contribution in [0.3, 0.4) is 0 Å². The molecule has 156 valence electrons. The Kier molecular flexibility index (Phi) is 3.43. The predicted molar refractivity (Wildman–Crippen MR) is 123 cm³/mol. The highest BCUT2D eigenvalue weighted by Gasteiger charge is 2.29. The lowest BCUT2D eigenvalue weighted by molar-refractivity contribution is 0.278. The van der Waals surface area contributed by atoms with Crippen molar-refractivity contribution in [2.75, 3.05) is 0 Å². The average Bonchev–Trinajstić information content (AvgIpc) is 3.40. The molecule has 2 aliphatic rings. The van der Waals surface area contributed by atoms with Crippen molar-refractivity contribution >= 4 is 11.0 Å². The van der Waals surface area contributed by atoms with E-state index < -0.39 is 0 Å². The Balaban J connectivity index is 1.37. The van der Waals surface area contributed by atoms with Gasteiger partial charge in [-0.05, 0) is 61.4 Å². The summed E-state index contributed by atoms with van der Waals surface area (Å²) in [5, 5.41) is 0. The van der Waals surface area contributed by atoms with Crippen LogP contribution in [0.25, 0.3) is 44.5 Å². The summed E-state index contributed by atoms with van der Waals surface area (Å²) in [7, 11) is 0. The van der Waals surface area contributed by atoms with E-state index >= 15 is 0 Å². The van der Waals surface area contributed by atoms with Crippen molar-refractivity contribution in [3.8, 4) is 45.0 Å². The van der Waals surface area contributed by atoms with Gasteiger partial charge < -0.3 is 19.4 Å². The number of benzene rings is 3. The first kappa shape index (κ1) is 17.6. The topological polar surface area (TPSA) is 75.8 Å². The third kappa shape index (κ3) is 2.52. The van der Waals surface area contributed by atoms with Gasteiger partial charge in [-0.15, -0.1) is 0 Å². The van der Waals surface area contributed by atoms with E-state index in [1.807, 2.05) is 20.0 Å². The number of hydrogen-bond donors (Lipinski definition) is 2. The molecular formula is C26H20N4O2. The highest BCUT2D eigenvalue weighted by Crippen LogP contribution is 2.50. The van der Waals surface area contributed by atoms with Crippen LogP contribution in [0.15, 0.2) is 48.7 Å². The third-order valence-corrected chi connectivity index (χ3v) is 6.33. The maximum Gasteiger partial charge on any atom is 0.128 e. The Morgan fingerprint density at radius 3 is 2.19 bits per heavy atom. The lowest BCUT2D eigenvalue weighted by Gasteiger charge is -2.30. The molecule has 0 amide bonds. The van der Waals surface area contributed by atoms with Crippen LogP contribution in [-0.4, -0.2) is 19.9 Å². The summed E-state index contributed by atoms with van der Waals surface area (Å²) < 4.78 is 12.5. The quantitative estimate of drug-likeness (QED) is 0.385. The molecule has 0 saturated heterocycles. The minimum Gasteiger partial charge on any atom is -0.488 e. The molecule has 7 rings (SSSR count). The van der Waals surface area contributed by atoms with Crippen molar-refractivity contribution in [2.45, 2.75) is 27.1 Å². The zero-order valence-electron chi connectivity index (χ0n) is 17.7. The number of imidazole rings is 2. The fraction of sp³-hybridized carbons (Fsp3) is 0.154. The highest BCUT2D eigenvalue weighted by atomic mass is 16.5. The zero-order chi connectivity index (χ0) is 21.4. The number of ether oxygens (including phenoxy) is 2. The molecule has 32 heavy (non-hydrogen) atoms. The first-order valence-electron chi connectivity index (χ1n) is 10.7. The second-order valence-electron chi connectivity index (χ2n) is 8.53. The molecule has 6 nitrogen and oxygen atoms in total. The smallest absolute Gasteiger partial charge is 0.128 e. The minimum absolute atomic E-state index is 0.515. The Hall–Kier alpha value is -4.06. The molecule has 2 N–H and O–H groups in total. The molecule has 0 atom stereocenters. The maximum absolute atomic E-state index is 6.27. The Bertz CT molecular complexity index is 1510. The first-order chi connectivity index (χ1) is 15.6. The van der Waals surface area contributed by atoms with Gasteiger partial charge >= 0.3 is 0 Å². The van der Waals surface area contributed by atoms with E-state index in [1.54, 1.807) is 0 Å². The summed E-state index contributed by atoms with van der Waals surface area (Å²) in [6.45, 7) is 4.96. The summed E-state index contributed by atoms with van der Waals surface area (Å²) in [6, 6.07) is 15.0. The van der Waals surface area contributed by atoms with Crippen molar-refractivity contribution < 1.29 is 9.47 Å². The molecule has 3 aromatic carbocycles. The van der Waals surface area contributed by atoms with Gasteiger partial charge in [0.05, 0.1) is 22.9 Å². The Morgan fingerprint density at radius 2 is 1.47 bits per heavy atom. The van der Waals surface area contributed by atoms with Gasteiger partial charge in [0.1, 0.15) is 36.4 Å². The van der Waals surface area contributed by atoms with Crippen LogP contribution in [0.2, 0.25) is 0 Å². The number of fused-ring (bicyclic) bond motifs is 1. The second-order valence-corrected chi connectivity index (χ2v) is 8.53. The zero-order valence-corrected chi connectivity index (χ0v) is 17.7. The van der Waals surface area contributed by atoms with E-state index in [0.717, 1.165) is 78.8 Å². The number of aromatic nitrogens is 4. The van der Waals surface area contributed by atoms with Gasteiger partial charge in [0.15, 0.2) is 0 Å². The molecule has 0 fully saturated rings. The second kappa shape index (κ2) is 6.23. The van der Waals surface area contributed by atoms with Crippen molar-refractivity contribution in [3.05, 3.63) is 71.4 Å². The van der Waals surface area contributed by atoms with Gasteiger partial charge in [-0.1, -0.05) is 6.07 Å². The van der Waals surface area contributed by atoms with Crippen molar-refractivity contribution in [1.29, 1.82) is 0 Å². The summed E-state index contributed by atoms with van der Waals surface area (Å²) in [4.78, 5) is 15.5. The number of nitrogens with one attached hydrogen (secondary N) is 2. The van der Waals surface area contributed by atoms with E-state index in [9.17, 15) is 0 Å². The molecule has 4 heterocycles. The van der Waals surface area contributed by atoms with Crippen LogP contribution in [0.1, 0.15) is 22.8 Å². The maximum atomic E-state index is 6.27. The Labute approximate surface area is 184 Å². The minimum atomic E-state index is 0.515. The Morgan fingerprint density at radius 1 is 0.750 bits per heavy atom. The fourth-order valence-electron chi connectivity index (χ4n) is 4.89. The number of nitrogens with zero attached hydrogens (tertiary/aromatic N) is 2. The molecule has 5 aromatic rings. The molecule has 0 saturated carbocycles. The standard InChI is InChI=1S/C26H20N4O2/c1-13-27-10-22(28-13)17-6-19-12-31-23-8-16(5-18-11-32-24(9-17)26(19)25(18)23)15-3-4-20-21(7-15)30-14(2)29-20/h3-10H,11-12H2,1-2H3,(H,27,28)(H,29,30). The van der Waals surface area contributed by atoms with Gasteiger partial charge in [0.25, 0.3) is 0 Å². The number of aromatic amines is 2. The van der Waals surface area contributed by atoms with Crippen LogP contribution in [0.5, 0.6) is 11.5 Å². The molecule has 0 radical (unpaired) electrons. The summed E-state index contributed by atoms with van der Waals surface area (Å²) >= 11 is 0. The van der Waals surface area contributed by atoms with Crippen LogP contribution in [-0.2, 0) is 13.2 Å². The van der Waals surface area contributed by atoms with E-state index in [4.69, 9.17) is 9.47 Å². The van der Waals surface area contributed by atoms with Gasteiger partial charge in [-0.3, -0.25) is 0 Å². The molecule has 6 heteroatoms. The molecule has 0 aliphatic carbocycles. The van der Waals surface area contributed by atoms with Crippen molar-refractivity contribution in [1.82, 2.24) is 19.9 Å². The van der Waals surface area contributed by atoms with Gasteiger partial charge in [-0.2, -0.15) is 0 Å². The van der Waals surface area contributed by atoms with E-state index in [1.165, 1.54) is 0 Å². The molecule has 2 aliphatic heterocycles. The van der Waals surface area contributed by atoms with Crippen LogP contribution >= 0.6 is 0 Å². The molecule has 0 spiro atoms. The SMILES string of the molecule is Cc1ncc(-c2cc3c4c(c2)OCc2cc(-c5ccc6nc(C)[nH]c6c5)cc(c2-4)OC3)[nH]1.